The van der Waals surface area contributed by atoms with Crippen molar-refractivity contribution in [2.45, 2.75) is 57.7 Å². The van der Waals surface area contributed by atoms with Crippen LogP contribution in [0.25, 0.3) is 5.69 Å². The van der Waals surface area contributed by atoms with E-state index < -0.39 is 0 Å². The smallest absolute Gasteiger partial charge is 0.233 e. The number of aromatic nitrogens is 4. The molecule has 7 heteroatoms. The average molecular weight is 359 g/mol. The van der Waals surface area contributed by atoms with Crippen LogP contribution < -0.4 is 0 Å². The third kappa shape index (κ3) is 4.03. The highest BCUT2D eigenvalue weighted by Gasteiger charge is 2.25. The summed E-state index contributed by atoms with van der Waals surface area (Å²) in [6, 6.07) is 6.58. The van der Waals surface area contributed by atoms with E-state index in [1.54, 1.807) is 4.68 Å². The number of hydrogen-bond donors (Lipinski definition) is 0. The van der Waals surface area contributed by atoms with Crippen molar-refractivity contribution in [3.8, 4) is 5.69 Å². The van der Waals surface area contributed by atoms with Crippen LogP contribution in [-0.4, -0.2) is 49.4 Å². The number of tetrazole rings is 1. The van der Waals surface area contributed by atoms with Crippen LogP contribution >= 0.6 is 11.8 Å². The second-order valence-electron chi connectivity index (χ2n) is 6.60. The summed E-state index contributed by atoms with van der Waals surface area (Å²) in [5.74, 6) is 0.564. The molecule has 1 saturated heterocycles. The molecule has 1 aromatic heterocycles. The summed E-state index contributed by atoms with van der Waals surface area (Å²) in [4.78, 5) is 14.7. The van der Waals surface area contributed by atoms with E-state index in [2.05, 4.69) is 40.6 Å². The molecule has 2 aromatic rings. The molecular weight excluding hydrogens is 334 g/mol. The van der Waals surface area contributed by atoms with Crippen molar-refractivity contribution in [3.63, 3.8) is 0 Å². The fourth-order valence-corrected chi connectivity index (χ4v) is 4.10. The van der Waals surface area contributed by atoms with Gasteiger partial charge in [-0.3, -0.25) is 4.79 Å². The van der Waals surface area contributed by atoms with Gasteiger partial charge >= 0.3 is 0 Å². The number of rotatable bonds is 5. The Kier molecular flexibility index (Phi) is 5.73. The van der Waals surface area contributed by atoms with Gasteiger partial charge in [0.1, 0.15) is 0 Å². The highest BCUT2D eigenvalue weighted by Crippen LogP contribution is 2.24. The Morgan fingerprint density at radius 1 is 1.32 bits per heavy atom. The molecule has 1 amide bonds. The number of carbonyl (C=O) groups excluding carboxylic acids is 1. The molecule has 1 fully saturated rings. The van der Waals surface area contributed by atoms with Crippen molar-refractivity contribution in [3.05, 3.63) is 29.3 Å². The van der Waals surface area contributed by atoms with Crippen LogP contribution in [0.1, 0.15) is 43.7 Å². The molecular formula is C18H25N5OS. The summed E-state index contributed by atoms with van der Waals surface area (Å²) in [7, 11) is 0. The largest absolute Gasteiger partial charge is 0.339 e. The number of piperidine rings is 1. The minimum atomic E-state index is 0.187. The summed E-state index contributed by atoms with van der Waals surface area (Å²) >= 11 is 1.41. The van der Waals surface area contributed by atoms with Gasteiger partial charge in [-0.25, -0.2) is 0 Å². The van der Waals surface area contributed by atoms with Crippen LogP contribution in [-0.2, 0) is 4.79 Å². The van der Waals surface area contributed by atoms with Crippen molar-refractivity contribution < 1.29 is 4.79 Å². The van der Waals surface area contributed by atoms with Gasteiger partial charge < -0.3 is 4.90 Å². The SMILES string of the molecule is CC[C@H]1CCCCN1C(=O)CSc1nnnn1-c1cc(C)ccc1C. The van der Waals surface area contributed by atoms with Gasteiger partial charge in [0.15, 0.2) is 0 Å². The highest BCUT2D eigenvalue weighted by atomic mass is 32.2. The lowest BCUT2D eigenvalue weighted by molar-refractivity contribution is -0.132. The molecule has 0 saturated carbocycles. The molecule has 3 rings (SSSR count). The molecule has 0 spiro atoms. The Balaban J connectivity index is 1.71. The van der Waals surface area contributed by atoms with Gasteiger partial charge in [0.25, 0.3) is 0 Å². The number of amides is 1. The number of nitrogens with zero attached hydrogens (tertiary/aromatic N) is 5. The number of likely N-dealkylation sites (tertiary alicyclic amines) is 1. The maximum atomic E-state index is 12.7. The number of thioether (sulfide) groups is 1. The maximum Gasteiger partial charge on any atom is 0.233 e. The van der Waals surface area contributed by atoms with E-state index in [1.807, 2.05) is 18.7 Å². The summed E-state index contributed by atoms with van der Waals surface area (Å²) in [6.45, 7) is 7.12. The van der Waals surface area contributed by atoms with Crippen LogP contribution in [0, 0.1) is 13.8 Å². The van der Waals surface area contributed by atoms with Gasteiger partial charge in [-0.15, -0.1) is 5.10 Å². The first-order valence-corrected chi connectivity index (χ1v) is 9.87. The standard InChI is InChI=1S/C18H25N5OS/c1-4-15-7-5-6-10-22(15)17(24)12-25-18-19-20-21-23(18)16-11-13(2)8-9-14(16)3/h8-9,11,15H,4-7,10,12H2,1-3H3/t15-/m0/s1. The zero-order chi connectivity index (χ0) is 17.8. The predicted octanol–water partition coefficient (Wildman–Crippen LogP) is 3.16. The first-order valence-electron chi connectivity index (χ1n) is 8.88. The van der Waals surface area contributed by atoms with E-state index in [4.69, 9.17) is 0 Å². The highest BCUT2D eigenvalue weighted by molar-refractivity contribution is 7.99. The molecule has 0 unspecified atom stereocenters. The van der Waals surface area contributed by atoms with Crippen LogP contribution in [0.15, 0.2) is 23.4 Å². The lowest BCUT2D eigenvalue weighted by atomic mass is 10.0. The van der Waals surface area contributed by atoms with Gasteiger partial charge in [0.2, 0.25) is 11.1 Å². The Morgan fingerprint density at radius 2 is 2.16 bits per heavy atom. The van der Waals surface area contributed by atoms with Crippen LogP contribution in [0.5, 0.6) is 0 Å². The fourth-order valence-electron chi connectivity index (χ4n) is 3.33. The number of hydrogen-bond acceptors (Lipinski definition) is 5. The van der Waals surface area contributed by atoms with Crippen molar-refractivity contribution >= 4 is 17.7 Å². The molecule has 1 aliphatic heterocycles. The predicted molar refractivity (Wildman–Crippen MR) is 99.0 cm³/mol. The van der Waals surface area contributed by atoms with Crippen molar-refractivity contribution in [2.24, 2.45) is 0 Å². The zero-order valence-corrected chi connectivity index (χ0v) is 15.9. The van der Waals surface area contributed by atoms with Crippen LogP contribution in [0.3, 0.4) is 0 Å². The Morgan fingerprint density at radius 3 is 2.96 bits per heavy atom. The van der Waals surface area contributed by atoms with Gasteiger partial charge in [0.05, 0.1) is 11.4 Å². The molecule has 1 aromatic carbocycles. The van der Waals surface area contributed by atoms with E-state index in [-0.39, 0.29) is 5.91 Å². The van der Waals surface area contributed by atoms with Gasteiger partial charge in [0, 0.05) is 12.6 Å². The lowest BCUT2D eigenvalue weighted by Gasteiger charge is -2.35. The third-order valence-corrected chi connectivity index (χ3v) is 5.68. The van der Waals surface area contributed by atoms with Crippen molar-refractivity contribution in [1.82, 2.24) is 25.1 Å². The summed E-state index contributed by atoms with van der Waals surface area (Å²) in [5, 5.41) is 12.7. The first-order chi connectivity index (χ1) is 12.1. The van der Waals surface area contributed by atoms with E-state index in [9.17, 15) is 4.79 Å². The first kappa shape index (κ1) is 17.9. The Hall–Kier alpha value is -1.89. The van der Waals surface area contributed by atoms with Crippen molar-refractivity contribution in [1.29, 1.82) is 0 Å². The maximum absolute atomic E-state index is 12.7. The molecule has 0 bridgehead atoms. The van der Waals surface area contributed by atoms with Gasteiger partial charge in [-0.1, -0.05) is 30.8 Å². The number of carbonyl (C=O) groups is 1. The summed E-state index contributed by atoms with van der Waals surface area (Å²) in [5.41, 5.74) is 3.22. The summed E-state index contributed by atoms with van der Waals surface area (Å²) < 4.78 is 1.73. The van der Waals surface area contributed by atoms with Gasteiger partial charge in [-0.2, -0.15) is 4.68 Å². The molecule has 0 radical (unpaired) electrons. The molecule has 1 atom stereocenters. The average Bonchev–Trinajstić information content (AvgIpc) is 3.10. The number of aryl methyl sites for hydroxylation is 2. The molecule has 25 heavy (non-hydrogen) atoms. The molecule has 1 aliphatic rings. The molecule has 6 nitrogen and oxygen atoms in total. The second-order valence-corrected chi connectivity index (χ2v) is 7.54. The van der Waals surface area contributed by atoms with E-state index in [0.717, 1.165) is 42.6 Å². The molecule has 0 aliphatic carbocycles. The second kappa shape index (κ2) is 7.99. The zero-order valence-electron chi connectivity index (χ0n) is 15.1. The Labute approximate surface area is 153 Å². The van der Waals surface area contributed by atoms with E-state index in [0.29, 0.717) is 17.0 Å². The quantitative estimate of drug-likeness (QED) is 0.767. The molecule has 0 N–H and O–H groups in total. The monoisotopic (exact) mass is 359 g/mol. The third-order valence-electron chi connectivity index (χ3n) is 4.78. The van der Waals surface area contributed by atoms with E-state index >= 15 is 0 Å². The normalized spacial score (nSPS) is 17.7. The molecule has 2 heterocycles. The number of benzene rings is 1. The van der Waals surface area contributed by atoms with Crippen molar-refractivity contribution in [2.75, 3.05) is 12.3 Å². The summed E-state index contributed by atoms with van der Waals surface area (Å²) in [6.07, 6.45) is 4.47. The minimum Gasteiger partial charge on any atom is -0.339 e. The molecule has 134 valence electrons. The van der Waals surface area contributed by atoms with Gasteiger partial charge in [-0.05, 0) is 67.2 Å². The van der Waals surface area contributed by atoms with E-state index in [1.165, 1.54) is 18.2 Å². The lowest BCUT2D eigenvalue weighted by Crippen LogP contribution is -2.44. The topological polar surface area (TPSA) is 63.9 Å². The Bertz CT molecular complexity index is 745. The van der Waals surface area contributed by atoms with Crippen LogP contribution in [0.4, 0.5) is 0 Å². The van der Waals surface area contributed by atoms with Crippen LogP contribution in [0.2, 0.25) is 0 Å². The fraction of sp³-hybridized carbons (Fsp3) is 0.556. The minimum absolute atomic E-state index is 0.187.